The molecule has 16 N–H and O–H groups in total. The molecule has 131 heavy (non-hydrogen) atoms. The van der Waals surface area contributed by atoms with Crippen molar-refractivity contribution in [1.29, 1.82) is 0 Å². The lowest BCUT2D eigenvalue weighted by Crippen LogP contribution is -2.39. The first kappa shape index (κ1) is 104. The van der Waals surface area contributed by atoms with Crippen LogP contribution in [0, 0.1) is 58.8 Å². The van der Waals surface area contributed by atoms with Crippen molar-refractivity contribution in [2.75, 3.05) is 66.6 Å². The van der Waals surface area contributed by atoms with Crippen LogP contribution in [0.4, 0.5) is 17.6 Å². The Labute approximate surface area is 774 Å². The minimum Gasteiger partial charge on any atom is -0.477 e. The second-order valence-electron chi connectivity index (χ2n) is 33.4. The second-order valence-corrected chi connectivity index (χ2v) is 33.4. The molecule has 4 aliphatic rings. The summed E-state index contributed by atoms with van der Waals surface area (Å²) in [5.74, 6) is 1.51. The summed E-state index contributed by atoms with van der Waals surface area (Å²) in [5.41, 5.74) is 32.9. The predicted molar refractivity (Wildman–Crippen MR) is 529 cm³/mol. The molecule has 0 radical (unpaired) electrons. The van der Waals surface area contributed by atoms with Crippen molar-refractivity contribution in [3.05, 3.63) is 312 Å². The normalized spacial score (nSPS) is 17.7. The number of hydrogen-bond acceptors (Lipinski definition) is 11. The number of nitrogens with one attached hydrogen (secondary N) is 7. The average Bonchev–Trinajstić information content (AvgIpc) is 1.68. The van der Waals surface area contributed by atoms with Crippen LogP contribution >= 0.6 is 12.4 Å². The van der Waals surface area contributed by atoms with Gasteiger partial charge in [0.2, 0.25) is 0 Å². The molecule has 24 heteroatoms. The highest BCUT2D eigenvalue weighted by molar-refractivity contribution is 6.01. The van der Waals surface area contributed by atoms with Gasteiger partial charge in [0.05, 0.1) is 0 Å². The summed E-state index contributed by atoms with van der Waals surface area (Å²) in [6.45, 7) is 13.1. The van der Waals surface area contributed by atoms with Crippen LogP contribution in [-0.4, -0.2) is 147 Å². The summed E-state index contributed by atoms with van der Waals surface area (Å²) < 4.78 is 52.4. The molecule has 18 rings (SSSR count). The van der Waals surface area contributed by atoms with Gasteiger partial charge < -0.3 is 68.4 Å². The smallest absolute Gasteiger partial charge is 0.352 e. The first-order valence-electron chi connectivity index (χ1n) is 44.0. The average molecular weight is 1810 g/mol. The molecule has 3 amide bonds. The van der Waals surface area contributed by atoms with E-state index in [0.29, 0.717) is 78.4 Å². The Bertz CT molecular complexity index is 5700. The number of carbonyl (C=O) groups is 4. The van der Waals surface area contributed by atoms with Gasteiger partial charge in [-0.1, -0.05) is 207 Å². The third-order valence-corrected chi connectivity index (χ3v) is 24.8. The summed E-state index contributed by atoms with van der Waals surface area (Å²) in [4.78, 5) is 66.4. The minimum absolute atomic E-state index is 0. The van der Waals surface area contributed by atoms with Gasteiger partial charge in [-0.05, 0) is 253 Å². The Kier molecular flexibility index (Phi) is 41.0. The van der Waals surface area contributed by atoms with Crippen LogP contribution in [0.25, 0.3) is 88.1 Å². The number of nitrogens with two attached hydrogens (primary N) is 3. The largest absolute Gasteiger partial charge is 0.477 e. The number of hydrogen-bond donors (Lipinski definition) is 13. The van der Waals surface area contributed by atoms with Crippen molar-refractivity contribution in [3.8, 4) is 44.5 Å². The van der Waals surface area contributed by atoms with E-state index in [9.17, 15) is 36.7 Å². The number of aromatic carboxylic acids is 1. The molecule has 2 saturated heterocycles. The quantitative estimate of drug-likeness (QED) is 0.0266. The number of H-pyrrole nitrogens is 4. The third-order valence-electron chi connectivity index (χ3n) is 24.8. The monoisotopic (exact) mass is 1810 g/mol. The van der Waals surface area contributed by atoms with Gasteiger partial charge in [0.15, 0.2) is 0 Å². The number of aromatic nitrogens is 4. The van der Waals surface area contributed by atoms with E-state index in [4.69, 9.17) is 32.5 Å². The molecule has 4 aromatic heterocycles. The molecular weight excluding hydrogens is 1680 g/mol. The van der Waals surface area contributed by atoms with Gasteiger partial charge in [-0.2, -0.15) is 0 Å². The maximum Gasteiger partial charge on any atom is 0.352 e. The van der Waals surface area contributed by atoms with Crippen molar-refractivity contribution in [1.82, 2.24) is 45.7 Å². The Balaban J connectivity index is 0.000000202. The number of carbonyl (C=O) groups excluding carboxylic acids is 3. The number of nitrogens with zero attached hydrogens (tertiary/aromatic N) is 2. The van der Waals surface area contributed by atoms with E-state index in [-0.39, 0.29) is 81.4 Å². The Morgan fingerprint density at radius 1 is 0.344 bits per heavy atom. The summed E-state index contributed by atoms with van der Waals surface area (Å²) >= 11 is 0. The topological polar surface area (TPSA) is 313 Å². The number of carboxylic acids is 1. The number of aromatic amines is 4. The Morgan fingerprint density at radius 3 is 0.908 bits per heavy atom. The van der Waals surface area contributed by atoms with Gasteiger partial charge in [0.1, 0.15) is 46.0 Å². The van der Waals surface area contributed by atoms with Crippen LogP contribution in [0.2, 0.25) is 0 Å². The van der Waals surface area contributed by atoms with Crippen LogP contribution in [0.3, 0.4) is 0 Å². The van der Waals surface area contributed by atoms with Crippen molar-refractivity contribution in [2.45, 2.75) is 126 Å². The lowest BCUT2D eigenvalue weighted by Gasteiger charge is -2.24. The van der Waals surface area contributed by atoms with Crippen molar-refractivity contribution in [2.24, 2.45) is 52.7 Å². The van der Waals surface area contributed by atoms with E-state index in [1.165, 1.54) is 79.0 Å². The van der Waals surface area contributed by atoms with E-state index in [1.807, 2.05) is 97.1 Å². The zero-order valence-electron chi connectivity index (χ0n) is 73.0. The van der Waals surface area contributed by atoms with Crippen molar-refractivity contribution < 1.29 is 52.1 Å². The number of aliphatic hydroxyl groups excluding tert-OH is 2. The molecule has 696 valence electrons. The summed E-state index contributed by atoms with van der Waals surface area (Å²) in [6, 6.07) is 78.3. The fraction of sp³-hybridized carbons (Fsp3) is 0.327. The van der Waals surface area contributed by atoms with Gasteiger partial charge in [-0.3, -0.25) is 24.2 Å². The number of halogens is 5. The SMILES string of the molecule is C.C.C.CC[C@H]1C[C@@H](CN)N(Cc2ccccc2)C1.CC[C@H]1C[C@@H](CNC(=O)c2cc3ccc(-c4ccc(F)cc4)cc3[nH]2)N(Cc2ccccc2)C1.CO.CO.Cl.NC[C@@H]1CC[C@H](CNC(=O)c2cc3ccc(-c4ccc(F)cc4)cc3[nH]2)C1.NC[C@@H]1CC[C@H](CNC(=O)c2cc3ccc(-c4ccc(F)cc4)cc3[nH]2)C1.O=C(O)c1cc2ccc(-c3ccc(F)cc3)cc2[nH]1. The maximum absolute atomic E-state index is 13.3. The molecule has 2 aliphatic carbocycles. The number of rotatable bonds is 23. The Morgan fingerprint density at radius 2 is 0.618 bits per heavy atom. The fourth-order valence-corrected chi connectivity index (χ4v) is 17.7. The lowest BCUT2D eigenvalue weighted by molar-refractivity contribution is 0.0690. The molecule has 0 unspecified atom stereocenters. The van der Waals surface area contributed by atoms with Crippen LogP contribution in [0.5, 0.6) is 0 Å². The summed E-state index contributed by atoms with van der Waals surface area (Å²) in [5, 5.41) is 36.0. The molecule has 10 aromatic carbocycles. The predicted octanol–water partition coefficient (Wildman–Crippen LogP) is 21.6. The molecular formula is C107H131ClF4N12O7. The standard InChI is InChI=1S/C29H30FN3O.2C22H24FN3O.C15H10FNO2.C14H22N2.2CH4O.3CH4.ClH/c1-2-20-14-26(33(18-20)19-21-6-4-3-5-7-21)17-31-29(34)28-16-24-9-8-23(15-27(24)32-28)22-10-12-25(30)13-11-22;2*23-19-7-5-16(6-8-19)17-3-4-18-11-21(26-20(18)10-17)22(27)25-13-15-2-1-14(9-15)12-24;16-12-5-3-9(4-6-12)10-1-2-11-8-14(15(18)19)17-13(11)7-10;1-2-12-8-14(9-15)16(10-12)11-13-6-4-3-5-7-13;2*1-2;;;;/h3-13,15-16,20,26,32H,2,14,17-19H2,1H3,(H,31,34);2*3-8,10-11,14-15,26H,1-2,9,12-13,24H2,(H,25,27);1-8,17H,(H,18,19);3-7,12,14H,2,8-11,15H2,1H3;2*2H,1H3;3*1H4;1H/t20-,26-;2*14-,15+;;12-,14-;;;;;;/m011.0....../s1. The first-order chi connectivity index (χ1) is 61.8. The maximum atomic E-state index is 13.3. The third kappa shape index (κ3) is 28.7. The summed E-state index contributed by atoms with van der Waals surface area (Å²) in [6.07, 6.45) is 11.6. The van der Waals surface area contributed by atoms with Crippen LogP contribution in [0.15, 0.2) is 255 Å². The lowest BCUT2D eigenvalue weighted by atomic mass is 10.0. The molecule has 2 aliphatic heterocycles. The van der Waals surface area contributed by atoms with E-state index < -0.39 is 5.97 Å². The second kappa shape index (κ2) is 51.5. The fourth-order valence-electron chi connectivity index (χ4n) is 17.7. The number of amides is 3. The van der Waals surface area contributed by atoms with Gasteiger partial charge in [0.25, 0.3) is 17.7 Å². The van der Waals surface area contributed by atoms with Gasteiger partial charge >= 0.3 is 5.97 Å². The first-order valence-corrected chi connectivity index (χ1v) is 44.0. The molecule has 8 atom stereocenters. The number of fused-ring (bicyclic) bond motifs is 4. The minimum atomic E-state index is -0.987. The van der Waals surface area contributed by atoms with Gasteiger partial charge in [0, 0.05) is 122 Å². The van der Waals surface area contributed by atoms with Crippen LogP contribution in [-0.2, 0) is 13.1 Å². The van der Waals surface area contributed by atoms with E-state index >= 15 is 0 Å². The van der Waals surface area contributed by atoms with Gasteiger partial charge in [-0.25, -0.2) is 22.4 Å². The van der Waals surface area contributed by atoms with Gasteiger partial charge in [-0.15, -0.1) is 12.4 Å². The van der Waals surface area contributed by atoms with E-state index in [2.05, 4.69) is 114 Å². The highest BCUT2D eigenvalue weighted by Gasteiger charge is 2.33. The molecule has 0 bridgehead atoms. The number of likely N-dealkylation sites (tertiary alicyclic amines) is 2. The molecule has 0 spiro atoms. The zero-order valence-corrected chi connectivity index (χ0v) is 73.8. The van der Waals surface area contributed by atoms with E-state index in [0.717, 1.165) is 199 Å². The number of carboxylic acid groups (broad SMARTS) is 1. The number of benzene rings is 10. The molecule has 2 saturated carbocycles. The summed E-state index contributed by atoms with van der Waals surface area (Å²) in [7, 11) is 2.00. The highest BCUT2D eigenvalue weighted by Crippen LogP contribution is 2.35. The zero-order chi connectivity index (χ0) is 89.9. The molecule has 14 aromatic rings. The van der Waals surface area contributed by atoms with E-state index in [1.54, 1.807) is 54.6 Å². The van der Waals surface area contributed by atoms with Crippen molar-refractivity contribution >= 4 is 79.7 Å². The van der Waals surface area contributed by atoms with Crippen molar-refractivity contribution in [3.63, 3.8) is 0 Å². The van der Waals surface area contributed by atoms with Crippen LogP contribution < -0.4 is 33.2 Å². The number of aliphatic hydroxyl groups is 2. The Hall–Kier alpha value is -12.0. The van der Waals surface area contributed by atoms with Crippen LogP contribution in [0.1, 0.15) is 153 Å². The highest BCUT2D eigenvalue weighted by atomic mass is 35.5. The molecule has 4 fully saturated rings. The molecule has 19 nitrogen and oxygen atoms in total. The molecule has 6 heterocycles.